The van der Waals surface area contributed by atoms with Crippen LogP contribution < -0.4 is 9.64 Å². The number of ether oxygens (including phenoxy) is 1. The minimum atomic E-state index is -0.184. The number of amides is 2. The molecule has 0 spiro atoms. The van der Waals surface area contributed by atoms with E-state index in [9.17, 15) is 9.59 Å². The minimum Gasteiger partial charge on any atom is -0.457 e. The second kappa shape index (κ2) is 6.95. The zero-order chi connectivity index (χ0) is 20.9. The Hall–Kier alpha value is -3.66. The Labute approximate surface area is 180 Å². The van der Waals surface area contributed by atoms with Crippen molar-refractivity contribution >= 4 is 17.5 Å². The molecule has 6 rings (SSSR count). The van der Waals surface area contributed by atoms with Crippen molar-refractivity contribution in [3.8, 4) is 22.6 Å². The van der Waals surface area contributed by atoms with Gasteiger partial charge < -0.3 is 4.74 Å². The highest BCUT2D eigenvalue weighted by Crippen LogP contribution is 2.53. The summed E-state index contributed by atoms with van der Waals surface area (Å²) in [6, 6.07) is 25.2. The van der Waals surface area contributed by atoms with Gasteiger partial charge in [-0.25, -0.2) is 0 Å². The van der Waals surface area contributed by atoms with Crippen LogP contribution in [0.4, 0.5) is 5.69 Å². The van der Waals surface area contributed by atoms with E-state index in [-0.39, 0.29) is 35.5 Å². The molecule has 3 aromatic rings. The normalized spacial score (nSPS) is 25.9. The molecule has 2 aliphatic carbocycles. The molecule has 2 amide bonds. The number of nitrogens with zero attached hydrogens (tertiary/aromatic N) is 1. The Morgan fingerprint density at radius 2 is 1.32 bits per heavy atom. The van der Waals surface area contributed by atoms with E-state index in [4.69, 9.17) is 4.74 Å². The fourth-order valence-electron chi connectivity index (χ4n) is 5.36. The van der Waals surface area contributed by atoms with Gasteiger partial charge in [-0.2, -0.15) is 0 Å². The maximum atomic E-state index is 13.0. The van der Waals surface area contributed by atoms with Crippen molar-refractivity contribution < 1.29 is 14.3 Å². The number of anilines is 1. The zero-order valence-electron chi connectivity index (χ0n) is 16.8. The number of hydrogen-bond acceptors (Lipinski definition) is 3. The zero-order valence-corrected chi connectivity index (χ0v) is 16.8. The molecule has 3 aromatic carbocycles. The first-order valence-corrected chi connectivity index (χ1v) is 10.7. The highest BCUT2D eigenvalue weighted by Gasteiger charge is 2.59. The lowest BCUT2D eigenvalue weighted by Gasteiger charge is -2.18. The summed E-state index contributed by atoms with van der Waals surface area (Å²) in [6.45, 7) is 0. The molecule has 1 heterocycles. The molecule has 0 N–H and O–H groups in total. The van der Waals surface area contributed by atoms with E-state index < -0.39 is 0 Å². The number of fused-ring (bicyclic) bond motifs is 5. The second-order valence-corrected chi connectivity index (χ2v) is 8.47. The monoisotopic (exact) mass is 407 g/mol. The van der Waals surface area contributed by atoms with E-state index in [2.05, 4.69) is 24.3 Å². The quantitative estimate of drug-likeness (QED) is 0.426. The molecule has 31 heavy (non-hydrogen) atoms. The third kappa shape index (κ3) is 2.82. The Morgan fingerprint density at radius 3 is 2.00 bits per heavy atom. The number of carbonyl (C=O) groups is 2. The van der Waals surface area contributed by atoms with E-state index in [1.807, 2.05) is 54.6 Å². The summed E-state index contributed by atoms with van der Waals surface area (Å²) in [5.74, 6) is 1.36. The fraction of sp³-hybridized carbons (Fsp3) is 0.185. The van der Waals surface area contributed by atoms with Crippen molar-refractivity contribution in [1.29, 1.82) is 0 Å². The fourth-order valence-corrected chi connectivity index (χ4v) is 5.36. The number of carbonyl (C=O) groups excluding carboxylic acids is 2. The number of benzene rings is 3. The van der Waals surface area contributed by atoms with Gasteiger partial charge in [-0.1, -0.05) is 60.7 Å². The summed E-state index contributed by atoms with van der Waals surface area (Å²) >= 11 is 0. The van der Waals surface area contributed by atoms with Crippen molar-refractivity contribution in [2.24, 2.45) is 23.7 Å². The van der Waals surface area contributed by atoms with Gasteiger partial charge in [0.15, 0.2) is 0 Å². The van der Waals surface area contributed by atoms with Crippen LogP contribution in [-0.2, 0) is 9.59 Å². The third-order valence-corrected chi connectivity index (χ3v) is 6.76. The summed E-state index contributed by atoms with van der Waals surface area (Å²) in [5.41, 5.74) is 2.71. The Balaban J connectivity index is 1.25. The lowest BCUT2D eigenvalue weighted by Crippen LogP contribution is -2.32. The lowest BCUT2D eigenvalue weighted by atomic mass is 9.85. The van der Waals surface area contributed by atoms with Crippen LogP contribution in [0.25, 0.3) is 11.1 Å². The molecule has 4 heteroatoms. The summed E-state index contributed by atoms with van der Waals surface area (Å²) in [5, 5.41) is 0. The van der Waals surface area contributed by atoms with Gasteiger partial charge in [0, 0.05) is 5.56 Å². The molecule has 1 saturated carbocycles. The van der Waals surface area contributed by atoms with Crippen LogP contribution in [-0.4, -0.2) is 11.8 Å². The van der Waals surface area contributed by atoms with Gasteiger partial charge in [0.25, 0.3) is 0 Å². The first kappa shape index (κ1) is 18.1. The molecule has 0 unspecified atom stereocenters. The van der Waals surface area contributed by atoms with E-state index in [1.54, 1.807) is 12.1 Å². The molecule has 4 atom stereocenters. The van der Waals surface area contributed by atoms with Gasteiger partial charge in [0.1, 0.15) is 11.5 Å². The van der Waals surface area contributed by atoms with Crippen molar-refractivity contribution in [1.82, 2.24) is 0 Å². The molecule has 1 saturated heterocycles. The highest BCUT2D eigenvalue weighted by molar-refractivity contribution is 6.22. The second-order valence-electron chi connectivity index (χ2n) is 8.47. The SMILES string of the molecule is O=C1[C@H]2[C@H](C(=O)N1c1ccc(Oc3ccccc3-c3ccccc3)cc1)[C@H]1C=C[C@H]2C1. The predicted molar refractivity (Wildman–Crippen MR) is 119 cm³/mol. The van der Waals surface area contributed by atoms with Gasteiger partial charge in [-0.15, -0.1) is 0 Å². The van der Waals surface area contributed by atoms with E-state index >= 15 is 0 Å². The third-order valence-electron chi connectivity index (χ3n) is 6.76. The van der Waals surface area contributed by atoms with Crippen LogP contribution in [0.3, 0.4) is 0 Å². The first-order chi connectivity index (χ1) is 15.2. The summed E-state index contributed by atoms with van der Waals surface area (Å²) < 4.78 is 6.16. The van der Waals surface area contributed by atoms with Crippen LogP contribution in [0.15, 0.2) is 91.0 Å². The van der Waals surface area contributed by atoms with Crippen LogP contribution in [0, 0.1) is 23.7 Å². The van der Waals surface area contributed by atoms with Crippen LogP contribution >= 0.6 is 0 Å². The molecule has 2 bridgehead atoms. The van der Waals surface area contributed by atoms with Gasteiger partial charge in [0.2, 0.25) is 11.8 Å². The molecule has 0 radical (unpaired) electrons. The smallest absolute Gasteiger partial charge is 0.238 e. The Kier molecular flexibility index (Phi) is 4.06. The molecular formula is C27H21NO3. The number of hydrogen-bond donors (Lipinski definition) is 0. The standard InChI is InChI=1S/C27H21NO3/c29-26-24-18-10-11-19(16-18)25(24)27(30)28(26)20-12-14-21(15-13-20)31-23-9-5-4-8-22(23)17-6-2-1-3-7-17/h1-15,18-19,24-25H,16H2/t18-,19-,24+,25+/m0/s1. The van der Waals surface area contributed by atoms with Crippen LogP contribution in [0.5, 0.6) is 11.5 Å². The molecule has 2 fully saturated rings. The minimum absolute atomic E-state index is 0.0602. The van der Waals surface area contributed by atoms with E-state index in [0.717, 1.165) is 23.3 Å². The molecule has 1 aliphatic heterocycles. The number of allylic oxidation sites excluding steroid dienone is 2. The topological polar surface area (TPSA) is 46.6 Å². The average Bonchev–Trinajstić information content (AvgIpc) is 3.49. The lowest BCUT2D eigenvalue weighted by molar-refractivity contribution is -0.123. The van der Waals surface area contributed by atoms with Crippen LogP contribution in [0.2, 0.25) is 0 Å². The molecule has 4 nitrogen and oxygen atoms in total. The highest BCUT2D eigenvalue weighted by atomic mass is 16.5. The molecular weight excluding hydrogens is 386 g/mol. The van der Waals surface area contributed by atoms with Gasteiger partial charge in [-0.05, 0) is 54.2 Å². The van der Waals surface area contributed by atoms with Crippen molar-refractivity contribution in [2.45, 2.75) is 6.42 Å². The van der Waals surface area contributed by atoms with Crippen molar-refractivity contribution in [3.63, 3.8) is 0 Å². The van der Waals surface area contributed by atoms with E-state index in [1.165, 1.54) is 4.90 Å². The Bertz CT molecular complexity index is 1170. The Morgan fingerprint density at radius 1 is 0.710 bits per heavy atom. The van der Waals surface area contributed by atoms with E-state index in [0.29, 0.717) is 11.4 Å². The van der Waals surface area contributed by atoms with Crippen molar-refractivity contribution in [3.05, 3.63) is 91.0 Å². The predicted octanol–water partition coefficient (Wildman–Crippen LogP) is 5.46. The summed E-state index contributed by atoms with van der Waals surface area (Å²) in [6.07, 6.45) is 5.16. The summed E-state index contributed by atoms with van der Waals surface area (Å²) in [4.78, 5) is 27.4. The van der Waals surface area contributed by atoms with Gasteiger partial charge in [-0.3, -0.25) is 14.5 Å². The summed E-state index contributed by atoms with van der Waals surface area (Å²) in [7, 11) is 0. The average molecular weight is 407 g/mol. The number of para-hydroxylation sites is 1. The molecule has 152 valence electrons. The van der Waals surface area contributed by atoms with Crippen molar-refractivity contribution in [2.75, 3.05) is 4.90 Å². The largest absolute Gasteiger partial charge is 0.457 e. The van der Waals surface area contributed by atoms with Gasteiger partial charge in [0.05, 0.1) is 17.5 Å². The first-order valence-electron chi connectivity index (χ1n) is 10.7. The molecule has 0 aromatic heterocycles. The number of imide groups is 1. The maximum Gasteiger partial charge on any atom is 0.238 e. The van der Waals surface area contributed by atoms with Crippen LogP contribution in [0.1, 0.15) is 6.42 Å². The molecule has 3 aliphatic rings. The van der Waals surface area contributed by atoms with Gasteiger partial charge >= 0.3 is 0 Å². The number of rotatable bonds is 4. The maximum absolute atomic E-state index is 13.0.